The van der Waals surface area contributed by atoms with E-state index in [1.165, 1.54) is 10.4 Å². The highest BCUT2D eigenvalue weighted by Crippen LogP contribution is 2.37. The highest BCUT2D eigenvalue weighted by Gasteiger charge is 2.50. The SMILES string of the molecule is CCOC(=O)c1c(C(C)(C)C)oc(=O)c(C)c1CCCO[Si](c1ccccc1)(c1ccccc1)C(C)(C)C. The lowest BCUT2D eigenvalue weighted by Crippen LogP contribution is -2.66. The predicted molar refractivity (Wildman–Crippen MR) is 156 cm³/mol. The van der Waals surface area contributed by atoms with Crippen LogP contribution in [0.5, 0.6) is 0 Å². The maximum absolute atomic E-state index is 13.1. The van der Waals surface area contributed by atoms with Crippen LogP contribution in [-0.4, -0.2) is 27.5 Å². The Morgan fingerprint density at radius 3 is 1.87 bits per heavy atom. The molecule has 204 valence electrons. The number of hydrogen-bond acceptors (Lipinski definition) is 5. The second-order valence-electron chi connectivity index (χ2n) is 11.8. The molecule has 0 amide bonds. The normalized spacial score (nSPS) is 12.4. The van der Waals surface area contributed by atoms with Crippen molar-refractivity contribution in [2.24, 2.45) is 0 Å². The van der Waals surface area contributed by atoms with Crippen LogP contribution in [0.4, 0.5) is 0 Å². The van der Waals surface area contributed by atoms with Crippen LogP contribution in [0.25, 0.3) is 0 Å². The van der Waals surface area contributed by atoms with E-state index in [-0.39, 0.29) is 11.6 Å². The van der Waals surface area contributed by atoms with Crippen molar-refractivity contribution in [2.75, 3.05) is 13.2 Å². The minimum absolute atomic E-state index is 0.130. The summed E-state index contributed by atoms with van der Waals surface area (Å²) in [5.74, 6) is -0.0818. The van der Waals surface area contributed by atoms with Crippen molar-refractivity contribution < 1.29 is 18.4 Å². The molecule has 0 N–H and O–H groups in total. The van der Waals surface area contributed by atoms with Crippen LogP contribution in [0.2, 0.25) is 5.04 Å². The van der Waals surface area contributed by atoms with E-state index < -0.39 is 25.3 Å². The molecular weight excluding hydrogens is 492 g/mol. The van der Waals surface area contributed by atoms with Gasteiger partial charge in [0.15, 0.2) is 0 Å². The number of carbonyl (C=O) groups excluding carboxylic acids is 1. The van der Waals surface area contributed by atoms with Crippen LogP contribution in [0.3, 0.4) is 0 Å². The molecule has 0 spiro atoms. The first-order chi connectivity index (χ1) is 17.8. The molecule has 1 heterocycles. The summed E-state index contributed by atoms with van der Waals surface area (Å²) in [7, 11) is -2.67. The van der Waals surface area contributed by atoms with Crippen molar-refractivity contribution >= 4 is 24.7 Å². The summed E-state index contributed by atoms with van der Waals surface area (Å²) in [5, 5.41) is 2.31. The van der Waals surface area contributed by atoms with Gasteiger partial charge in [0.1, 0.15) is 11.3 Å². The molecule has 0 radical (unpaired) electrons. The molecule has 0 unspecified atom stereocenters. The second-order valence-corrected chi connectivity index (χ2v) is 16.1. The third-order valence-electron chi connectivity index (χ3n) is 6.95. The molecule has 0 aliphatic heterocycles. The van der Waals surface area contributed by atoms with Gasteiger partial charge in [-0.25, -0.2) is 9.59 Å². The van der Waals surface area contributed by atoms with Crippen LogP contribution < -0.4 is 16.0 Å². The number of esters is 1. The topological polar surface area (TPSA) is 65.7 Å². The van der Waals surface area contributed by atoms with Crippen molar-refractivity contribution in [2.45, 2.75) is 78.7 Å². The van der Waals surface area contributed by atoms with Gasteiger partial charge in [-0.15, -0.1) is 0 Å². The largest absolute Gasteiger partial charge is 0.462 e. The van der Waals surface area contributed by atoms with E-state index in [2.05, 4.69) is 69.3 Å². The molecular formula is C32H42O5Si. The number of carbonyl (C=O) groups is 1. The fourth-order valence-corrected chi connectivity index (χ4v) is 9.77. The zero-order valence-corrected chi connectivity index (χ0v) is 25.1. The summed E-state index contributed by atoms with van der Waals surface area (Å²) >= 11 is 0. The average Bonchev–Trinajstić information content (AvgIpc) is 2.86. The monoisotopic (exact) mass is 534 g/mol. The summed E-state index contributed by atoms with van der Waals surface area (Å²) in [6, 6.07) is 21.0. The molecule has 2 aromatic carbocycles. The van der Waals surface area contributed by atoms with E-state index in [1.54, 1.807) is 13.8 Å². The smallest absolute Gasteiger partial charge is 0.341 e. The van der Waals surface area contributed by atoms with Crippen molar-refractivity contribution in [1.82, 2.24) is 0 Å². The van der Waals surface area contributed by atoms with Gasteiger partial charge in [0.2, 0.25) is 0 Å². The molecule has 0 atom stereocenters. The third kappa shape index (κ3) is 6.02. The van der Waals surface area contributed by atoms with Crippen LogP contribution in [-0.2, 0) is 21.0 Å². The second kappa shape index (κ2) is 11.8. The minimum Gasteiger partial charge on any atom is -0.462 e. The molecule has 0 aliphatic carbocycles. The van der Waals surface area contributed by atoms with Gasteiger partial charge in [0.25, 0.3) is 8.32 Å². The fourth-order valence-electron chi connectivity index (χ4n) is 5.16. The highest BCUT2D eigenvalue weighted by molar-refractivity contribution is 6.99. The van der Waals surface area contributed by atoms with Crippen LogP contribution in [0.15, 0.2) is 69.9 Å². The molecule has 5 nitrogen and oxygen atoms in total. The van der Waals surface area contributed by atoms with Gasteiger partial charge in [-0.05, 0) is 47.7 Å². The molecule has 0 saturated heterocycles. The molecule has 0 aliphatic rings. The van der Waals surface area contributed by atoms with Gasteiger partial charge in [-0.2, -0.15) is 0 Å². The first-order valence-electron chi connectivity index (χ1n) is 13.4. The van der Waals surface area contributed by atoms with Crippen molar-refractivity contribution in [1.29, 1.82) is 0 Å². The Hall–Kier alpha value is -2.96. The van der Waals surface area contributed by atoms with Gasteiger partial charge in [-0.1, -0.05) is 102 Å². The number of rotatable bonds is 9. The third-order valence-corrected chi connectivity index (χ3v) is 12.0. The minimum atomic E-state index is -2.67. The maximum Gasteiger partial charge on any atom is 0.341 e. The molecule has 38 heavy (non-hydrogen) atoms. The Morgan fingerprint density at radius 2 is 1.42 bits per heavy atom. The van der Waals surface area contributed by atoms with Crippen LogP contribution in [0, 0.1) is 6.92 Å². The van der Waals surface area contributed by atoms with Crippen molar-refractivity contribution in [3.8, 4) is 0 Å². The van der Waals surface area contributed by atoms with Crippen LogP contribution >= 0.6 is 0 Å². The van der Waals surface area contributed by atoms with E-state index >= 15 is 0 Å². The van der Waals surface area contributed by atoms with Gasteiger partial charge in [-0.3, -0.25) is 0 Å². The summed E-state index contributed by atoms with van der Waals surface area (Å²) in [6.07, 6.45) is 1.15. The average molecular weight is 535 g/mol. The molecule has 6 heteroatoms. The zero-order valence-electron chi connectivity index (χ0n) is 24.1. The molecule has 3 aromatic rings. The number of ether oxygens (including phenoxy) is 1. The summed E-state index contributed by atoms with van der Waals surface area (Å²) in [5.41, 5.74) is 0.574. The molecule has 0 fully saturated rings. The van der Waals surface area contributed by atoms with Gasteiger partial charge in [0.05, 0.1) is 6.61 Å². The summed E-state index contributed by atoms with van der Waals surface area (Å²) in [6.45, 7) is 16.8. The Kier molecular flexibility index (Phi) is 9.21. The quantitative estimate of drug-likeness (QED) is 0.193. The standard InChI is InChI=1S/C32H42O5Si/c1-9-35-30(34)27-26(23(2)29(33)37-28(27)31(3,4)5)21-16-22-36-38(32(6,7)8,24-17-12-10-13-18-24)25-19-14-11-15-20-25/h10-15,17-20H,9,16,21-22H2,1-8H3. The lowest BCUT2D eigenvalue weighted by atomic mass is 9.86. The Bertz CT molecular complexity index is 1240. The Morgan fingerprint density at radius 1 is 0.895 bits per heavy atom. The highest BCUT2D eigenvalue weighted by atomic mass is 28.4. The van der Waals surface area contributed by atoms with E-state index in [1.807, 2.05) is 32.9 Å². The number of hydrogen-bond donors (Lipinski definition) is 0. The lowest BCUT2D eigenvalue weighted by molar-refractivity contribution is 0.0516. The van der Waals surface area contributed by atoms with Crippen molar-refractivity contribution in [3.05, 3.63) is 93.5 Å². The van der Waals surface area contributed by atoms with E-state index in [9.17, 15) is 9.59 Å². The first kappa shape index (κ1) is 29.6. The Balaban J connectivity index is 2.01. The molecule has 0 bridgehead atoms. The van der Waals surface area contributed by atoms with Crippen LogP contribution in [0.1, 0.15) is 82.1 Å². The first-order valence-corrected chi connectivity index (χ1v) is 15.3. The van der Waals surface area contributed by atoms with Gasteiger partial charge < -0.3 is 13.6 Å². The molecule has 1 aromatic heterocycles. The number of benzene rings is 2. The maximum atomic E-state index is 13.1. The van der Waals surface area contributed by atoms with Crippen molar-refractivity contribution in [3.63, 3.8) is 0 Å². The van der Waals surface area contributed by atoms with Gasteiger partial charge >= 0.3 is 11.6 Å². The predicted octanol–water partition coefficient (Wildman–Crippen LogP) is 5.93. The lowest BCUT2D eigenvalue weighted by Gasteiger charge is -2.43. The summed E-state index contributed by atoms with van der Waals surface area (Å²) < 4.78 is 18.1. The fraction of sp³-hybridized carbons (Fsp3) is 0.438. The van der Waals surface area contributed by atoms with E-state index in [4.69, 9.17) is 13.6 Å². The zero-order chi connectivity index (χ0) is 28.1. The molecule has 3 rings (SSSR count). The Labute approximate surface area is 228 Å². The van der Waals surface area contributed by atoms with E-state index in [0.29, 0.717) is 41.9 Å². The summed E-state index contributed by atoms with van der Waals surface area (Å²) in [4.78, 5) is 25.9. The van der Waals surface area contributed by atoms with Gasteiger partial charge in [0, 0.05) is 17.6 Å². The van der Waals surface area contributed by atoms with E-state index in [0.717, 1.165) is 0 Å². The molecule has 0 saturated carbocycles.